The summed E-state index contributed by atoms with van der Waals surface area (Å²) in [6.07, 6.45) is 0. The van der Waals surface area contributed by atoms with E-state index in [0.29, 0.717) is 29.5 Å². The summed E-state index contributed by atoms with van der Waals surface area (Å²) in [5, 5.41) is 19.1. The molecular formula is C22H22N8O4. The smallest absolute Gasteiger partial charge is 0.292 e. The minimum atomic E-state index is -0.556. The number of nitrogen functional groups attached to an aromatic ring is 1. The standard InChI is InChI=1S/C22H22N8O4/c1-13(16-9-10-17(18(11-16)32-3)33-12-15-7-5-4-6-8-15)24-26-22(31)19-14(2)25-29-30(19)21-20(23)27-34-28-21/h4-11H,12H2,1-3H3,(H2,23,27)(H,26,31). The van der Waals surface area contributed by atoms with E-state index in [2.05, 4.69) is 35.8 Å². The number of aryl methyl sites for hydroxylation is 1. The number of carbonyl (C=O) groups excluding carboxylic acids is 1. The Bertz CT molecular complexity index is 1330. The van der Waals surface area contributed by atoms with Crippen molar-refractivity contribution in [2.75, 3.05) is 12.8 Å². The molecule has 0 spiro atoms. The Balaban J connectivity index is 1.49. The fourth-order valence-electron chi connectivity index (χ4n) is 3.10. The van der Waals surface area contributed by atoms with Crippen LogP contribution < -0.4 is 20.6 Å². The predicted octanol–water partition coefficient (Wildman–Crippen LogP) is 2.28. The molecule has 0 bridgehead atoms. The maximum absolute atomic E-state index is 12.8. The lowest BCUT2D eigenvalue weighted by atomic mass is 10.1. The summed E-state index contributed by atoms with van der Waals surface area (Å²) < 4.78 is 17.1. The van der Waals surface area contributed by atoms with Gasteiger partial charge in [-0.2, -0.15) is 9.78 Å². The van der Waals surface area contributed by atoms with Gasteiger partial charge in [0.2, 0.25) is 11.6 Å². The van der Waals surface area contributed by atoms with E-state index in [1.54, 1.807) is 33.1 Å². The topological polar surface area (TPSA) is 156 Å². The molecule has 174 valence electrons. The number of aromatic nitrogens is 5. The first-order valence-electron chi connectivity index (χ1n) is 10.2. The summed E-state index contributed by atoms with van der Waals surface area (Å²) in [6.45, 7) is 3.78. The Kier molecular flexibility index (Phi) is 6.48. The summed E-state index contributed by atoms with van der Waals surface area (Å²) >= 11 is 0. The SMILES string of the molecule is COc1cc(C(C)=NNC(=O)c2c(C)nnn2-c2nonc2N)ccc1OCc1ccccc1. The highest BCUT2D eigenvalue weighted by atomic mass is 16.6. The molecule has 2 aromatic carbocycles. The molecule has 2 aromatic heterocycles. The van der Waals surface area contributed by atoms with Crippen molar-refractivity contribution in [3.05, 3.63) is 71.0 Å². The molecule has 0 atom stereocenters. The van der Waals surface area contributed by atoms with Crippen LogP contribution in [0.25, 0.3) is 5.82 Å². The quantitative estimate of drug-likeness (QED) is 0.296. The minimum Gasteiger partial charge on any atom is -0.493 e. The van der Waals surface area contributed by atoms with Gasteiger partial charge in [0.05, 0.1) is 18.5 Å². The van der Waals surface area contributed by atoms with E-state index >= 15 is 0 Å². The highest BCUT2D eigenvalue weighted by Gasteiger charge is 2.23. The van der Waals surface area contributed by atoms with Gasteiger partial charge in [0, 0.05) is 5.56 Å². The minimum absolute atomic E-state index is 0.0275. The van der Waals surface area contributed by atoms with E-state index in [1.807, 2.05) is 36.4 Å². The highest BCUT2D eigenvalue weighted by molar-refractivity contribution is 6.01. The average Bonchev–Trinajstić information content (AvgIpc) is 3.46. The van der Waals surface area contributed by atoms with Crippen LogP contribution in [-0.4, -0.2) is 44.0 Å². The van der Waals surface area contributed by atoms with Crippen molar-refractivity contribution in [2.24, 2.45) is 5.10 Å². The normalized spacial score (nSPS) is 11.3. The molecule has 0 saturated carbocycles. The van der Waals surface area contributed by atoms with Crippen molar-refractivity contribution in [1.82, 2.24) is 30.7 Å². The molecule has 4 aromatic rings. The molecule has 3 N–H and O–H groups in total. The summed E-state index contributed by atoms with van der Waals surface area (Å²) in [7, 11) is 1.56. The van der Waals surface area contributed by atoms with Gasteiger partial charge in [0.25, 0.3) is 5.91 Å². The zero-order chi connectivity index (χ0) is 24.1. The zero-order valence-corrected chi connectivity index (χ0v) is 18.7. The van der Waals surface area contributed by atoms with Gasteiger partial charge < -0.3 is 15.2 Å². The van der Waals surface area contributed by atoms with Crippen LogP contribution in [0.5, 0.6) is 11.5 Å². The number of anilines is 1. The Morgan fingerprint density at radius 1 is 1.18 bits per heavy atom. The van der Waals surface area contributed by atoms with Crippen molar-refractivity contribution in [1.29, 1.82) is 0 Å². The number of hydrogen-bond donors (Lipinski definition) is 2. The van der Waals surface area contributed by atoms with Crippen LogP contribution in [-0.2, 0) is 6.61 Å². The second-order valence-corrected chi connectivity index (χ2v) is 7.19. The molecule has 0 aliphatic rings. The molecule has 2 heterocycles. The van der Waals surface area contributed by atoms with Gasteiger partial charge in [0.15, 0.2) is 17.2 Å². The lowest BCUT2D eigenvalue weighted by Gasteiger charge is -2.12. The third-order valence-electron chi connectivity index (χ3n) is 4.89. The first kappa shape index (κ1) is 22.5. The first-order valence-corrected chi connectivity index (χ1v) is 10.2. The number of benzene rings is 2. The second kappa shape index (κ2) is 9.81. The third kappa shape index (κ3) is 4.70. The molecule has 0 unspecified atom stereocenters. The van der Waals surface area contributed by atoms with Gasteiger partial charge >= 0.3 is 0 Å². The third-order valence-corrected chi connectivity index (χ3v) is 4.89. The van der Waals surface area contributed by atoms with Gasteiger partial charge in [-0.05, 0) is 47.9 Å². The summed E-state index contributed by atoms with van der Waals surface area (Å²) in [6, 6.07) is 15.2. The molecule has 12 heteroatoms. The number of hydrazone groups is 1. The Morgan fingerprint density at radius 2 is 1.97 bits per heavy atom. The lowest BCUT2D eigenvalue weighted by Crippen LogP contribution is -2.24. The predicted molar refractivity (Wildman–Crippen MR) is 122 cm³/mol. The number of rotatable bonds is 8. The van der Waals surface area contributed by atoms with Crippen molar-refractivity contribution in [3.63, 3.8) is 0 Å². The van der Waals surface area contributed by atoms with Crippen LogP contribution in [0.1, 0.15) is 34.2 Å². The summed E-state index contributed by atoms with van der Waals surface area (Å²) in [5.74, 6) is 0.611. The van der Waals surface area contributed by atoms with E-state index in [1.165, 1.54) is 0 Å². The molecule has 1 amide bonds. The van der Waals surface area contributed by atoms with Crippen molar-refractivity contribution >= 4 is 17.4 Å². The van der Waals surface area contributed by atoms with Crippen LogP contribution in [0.2, 0.25) is 0 Å². The Morgan fingerprint density at radius 3 is 2.68 bits per heavy atom. The summed E-state index contributed by atoms with van der Waals surface area (Å²) in [4.78, 5) is 12.8. The van der Waals surface area contributed by atoms with E-state index in [0.717, 1.165) is 15.8 Å². The lowest BCUT2D eigenvalue weighted by molar-refractivity contribution is 0.0946. The van der Waals surface area contributed by atoms with Crippen LogP contribution in [0, 0.1) is 6.92 Å². The van der Waals surface area contributed by atoms with E-state index < -0.39 is 5.91 Å². The first-order chi connectivity index (χ1) is 16.5. The largest absolute Gasteiger partial charge is 0.493 e. The number of hydrogen-bond acceptors (Lipinski definition) is 10. The van der Waals surface area contributed by atoms with E-state index in [-0.39, 0.29) is 17.3 Å². The van der Waals surface area contributed by atoms with Gasteiger partial charge in [-0.15, -0.1) is 5.10 Å². The van der Waals surface area contributed by atoms with Crippen molar-refractivity contribution in [2.45, 2.75) is 20.5 Å². The van der Waals surface area contributed by atoms with Gasteiger partial charge in [0.1, 0.15) is 6.61 Å². The monoisotopic (exact) mass is 462 g/mol. The van der Waals surface area contributed by atoms with E-state index in [9.17, 15) is 4.79 Å². The van der Waals surface area contributed by atoms with Gasteiger partial charge in [-0.1, -0.05) is 35.5 Å². The number of nitrogens with two attached hydrogens (primary N) is 1. The number of carbonyl (C=O) groups is 1. The molecule has 0 aliphatic heterocycles. The number of amides is 1. The Hall–Kier alpha value is -4.74. The average molecular weight is 462 g/mol. The maximum atomic E-state index is 12.8. The van der Waals surface area contributed by atoms with Gasteiger partial charge in [-0.3, -0.25) is 4.79 Å². The molecule has 0 radical (unpaired) electrons. The number of ether oxygens (including phenoxy) is 2. The fourth-order valence-corrected chi connectivity index (χ4v) is 3.10. The van der Waals surface area contributed by atoms with Crippen molar-refractivity contribution < 1.29 is 18.9 Å². The number of methoxy groups -OCH3 is 1. The van der Waals surface area contributed by atoms with Crippen LogP contribution >= 0.6 is 0 Å². The molecule has 0 saturated heterocycles. The van der Waals surface area contributed by atoms with Gasteiger partial charge in [-0.25, -0.2) is 10.1 Å². The molecule has 34 heavy (non-hydrogen) atoms. The highest BCUT2D eigenvalue weighted by Crippen LogP contribution is 2.29. The van der Waals surface area contributed by atoms with Crippen LogP contribution in [0.3, 0.4) is 0 Å². The number of nitrogens with one attached hydrogen (secondary N) is 1. The molecule has 4 rings (SSSR count). The van der Waals surface area contributed by atoms with Crippen LogP contribution in [0.4, 0.5) is 5.82 Å². The summed E-state index contributed by atoms with van der Waals surface area (Å²) in [5.41, 5.74) is 11.0. The maximum Gasteiger partial charge on any atom is 0.292 e. The zero-order valence-electron chi connectivity index (χ0n) is 18.7. The molecular weight excluding hydrogens is 440 g/mol. The Labute approximate surface area is 194 Å². The fraction of sp³-hybridized carbons (Fsp3) is 0.182. The molecule has 12 nitrogen and oxygen atoms in total. The van der Waals surface area contributed by atoms with Crippen LogP contribution in [0.15, 0.2) is 58.3 Å². The van der Waals surface area contributed by atoms with E-state index in [4.69, 9.17) is 15.2 Å². The second-order valence-electron chi connectivity index (χ2n) is 7.19. The molecule has 0 fully saturated rings. The number of nitrogens with zero attached hydrogens (tertiary/aromatic N) is 6. The van der Waals surface area contributed by atoms with Crippen molar-refractivity contribution in [3.8, 4) is 17.3 Å². The molecule has 0 aliphatic carbocycles.